The molecule has 0 aliphatic heterocycles. The molecule has 0 atom stereocenters. The van der Waals surface area contributed by atoms with Gasteiger partial charge in [0.1, 0.15) is 18.1 Å². The van der Waals surface area contributed by atoms with Crippen molar-refractivity contribution in [1.82, 2.24) is 5.43 Å². The van der Waals surface area contributed by atoms with E-state index in [4.69, 9.17) is 5.11 Å². The molecule has 0 radical (unpaired) electrons. The van der Waals surface area contributed by atoms with Gasteiger partial charge in [-0.3, -0.25) is 4.79 Å². The molecule has 6 nitrogen and oxygen atoms in total. The fourth-order valence-corrected chi connectivity index (χ4v) is 0.978. The van der Waals surface area contributed by atoms with Gasteiger partial charge in [-0.05, 0) is 12.1 Å². The van der Waals surface area contributed by atoms with E-state index in [1.807, 2.05) is 0 Å². The largest absolute Gasteiger partial charge is 0.508 e. The number of nitrogens with zero attached hydrogens (tertiary/aromatic N) is 1. The van der Waals surface area contributed by atoms with Crippen LogP contribution < -0.4 is 5.43 Å². The summed E-state index contributed by atoms with van der Waals surface area (Å²) < 4.78 is 4.58. The molecule has 16 heavy (non-hydrogen) atoms. The number of phenols is 2. The van der Waals surface area contributed by atoms with Gasteiger partial charge in [0.2, 0.25) is 0 Å². The molecule has 1 aromatic carbocycles. The minimum absolute atomic E-state index is 0.0435. The number of carbonyl (C=O) groups excluding carboxylic acids is 1. The lowest BCUT2D eigenvalue weighted by Gasteiger charge is -2.00. The van der Waals surface area contributed by atoms with Gasteiger partial charge >= 0.3 is 0 Å². The number of benzene rings is 1. The Bertz CT molecular complexity index is 404. The summed E-state index contributed by atoms with van der Waals surface area (Å²) >= 11 is 0. The Balaban J connectivity index is 2.59. The highest BCUT2D eigenvalue weighted by Gasteiger charge is 2.00. The molecule has 0 unspecified atom stereocenters. The Morgan fingerprint density at radius 2 is 2.31 bits per heavy atom. The van der Waals surface area contributed by atoms with Gasteiger partial charge in [-0.25, -0.2) is 5.43 Å². The Hall–Kier alpha value is -2.08. The van der Waals surface area contributed by atoms with Crippen LogP contribution in [-0.4, -0.2) is 36.1 Å². The quantitative estimate of drug-likeness (QED) is 0.503. The molecule has 3 N–H and O–H groups in total. The average molecular weight is 224 g/mol. The Morgan fingerprint density at radius 3 is 2.94 bits per heavy atom. The first kappa shape index (κ1) is 12.0. The summed E-state index contributed by atoms with van der Waals surface area (Å²) in [5.74, 6) is -0.556. The van der Waals surface area contributed by atoms with Crippen LogP contribution in [0.25, 0.3) is 0 Å². The van der Waals surface area contributed by atoms with Crippen molar-refractivity contribution in [2.45, 2.75) is 0 Å². The maximum Gasteiger partial charge on any atom is 0.266 e. The highest BCUT2D eigenvalue weighted by atomic mass is 16.5. The van der Waals surface area contributed by atoms with Gasteiger partial charge in [-0.1, -0.05) is 0 Å². The predicted molar refractivity (Wildman–Crippen MR) is 57.4 cm³/mol. The number of hydrogen-bond acceptors (Lipinski definition) is 5. The molecule has 0 fully saturated rings. The zero-order valence-corrected chi connectivity index (χ0v) is 8.67. The van der Waals surface area contributed by atoms with E-state index >= 15 is 0 Å². The summed E-state index contributed by atoms with van der Waals surface area (Å²) in [6.07, 6.45) is 1.27. The molecule has 0 saturated heterocycles. The third-order valence-corrected chi connectivity index (χ3v) is 1.68. The summed E-state index contributed by atoms with van der Waals surface area (Å²) in [5, 5.41) is 22.0. The lowest BCUT2D eigenvalue weighted by molar-refractivity contribution is -0.124. The van der Waals surface area contributed by atoms with Crippen LogP contribution in [0.4, 0.5) is 0 Å². The van der Waals surface area contributed by atoms with Gasteiger partial charge in [0.25, 0.3) is 5.91 Å². The number of hydrogen-bond donors (Lipinski definition) is 3. The van der Waals surface area contributed by atoms with Gasteiger partial charge in [-0.2, -0.15) is 5.10 Å². The van der Waals surface area contributed by atoms with Gasteiger partial charge in [0.15, 0.2) is 0 Å². The number of methoxy groups -OCH3 is 1. The number of nitrogens with one attached hydrogen (secondary N) is 1. The molecule has 0 aliphatic carbocycles. The van der Waals surface area contributed by atoms with E-state index in [0.717, 1.165) is 0 Å². The first-order chi connectivity index (χ1) is 7.63. The minimum Gasteiger partial charge on any atom is -0.508 e. The predicted octanol–water partition coefficient (Wildman–Crippen LogP) is 0.194. The van der Waals surface area contributed by atoms with Gasteiger partial charge in [0.05, 0.1) is 6.21 Å². The molecule has 1 amide bonds. The molecule has 0 bridgehead atoms. The number of carbonyl (C=O) groups is 1. The molecule has 1 rings (SSSR count). The second-order valence-electron chi connectivity index (χ2n) is 2.97. The zero-order chi connectivity index (χ0) is 12.0. The molecule has 0 spiro atoms. The van der Waals surface area contributed by atoms with Crippen molar-refractivity contribution in [2.24, 2.45) is 5.10 Å². The Kier molecular flexibility index (Phi) is 4.28. The fraction of sp³-hybridized carbons (Fsp3) is 0.200. The molecule has 0 heterocycles. The highest BCUT2D eigenvalue weighted by molar-refractivity contribution is 5.85. The second-order valence-corrected chi connectivity index (χ2v) is 2.97. The maximum atomic E-state index is 10.9. The lowest BCUT2D eigenvalue weighted by Crippen LogP contribution is -2.22. The van der Waals surface area contributed by atoms with Crippen LogP contribution in [0.5, 0.6) is 11.5 Å². The minimum atomic E-state index is -0.392. The van der Waals surface area contributed by atoms with Crippen LogP contribution in [0, 0.1) is 0 Å². The van der Waals surface area contributed by atoms with Crippen LogP contribution in [0.15, 0.2) is 23.3 Å². The number of amides is 1. The maximum absolute atomic E-state index is 10.9. The number of hydrazone groups is 1. The Labute approximate surface area is 92.2 Å². The molecular formula is C10H12N2O4. The van der Waals surface area contributed by atoms with E-state index in [9.17, 15) is 9.90 Å². The summed E-state index contributed by atoms with van der Waals surface area (Å²) in [7, 11) is 1.40. The van der Waals surface area contributed by atoms with Crippen molar-refractivity contribution >= 4 is 12.1 Å². The van der Waals surface area contributed by atoms with Gasteiger partial charge in [-0.15, -0.1) is 0 Å². The molecule has 86 valence electrons. The normalized spacial score (nSPS) is 10.6. The van der Waals surface area contributed by atoms with Crippen LogP contribution in [0.2, 0.25) is 0 Å². The second kappa shape index (κ2) is 5.72. The summed E-state index contributed by atoms with van der Waals surface area (Å²) in [4.78, 5) is 10.9. The molecular weight excluding hydrogens is 212 g/mol. The first-order valence-electron chi connectivity index (χ1n) is 4.46. The standard InChI is InChI=1S/C10H12N2O4/c1-16-6-10(15)12-11-5-7-2-3-8(13)4-9(7)14/h2-5,13-14H,6H2,1H3,(H,12,15)/b11-5+. The van der Waals surface area contributed by atoms with Crippen molar-refractivity contribution in [3.8, 4) is 11.5 Å². The van der Waals surface area contributed by atoms with Crippen molar-refractivity contribution in [3.05, 3.63) is 23.8 Å². The van der Waals surface area contributed by atoms with E-state index < -0.39 is 5.91 Å². The van der Waals surface area contributed by atoms with E-state index in [2.05, 4.69) is 15.3 Å². The molecule has 0 aliphatic rings. The lowest BCUT2D eigenvalue weighted by atomic mass is 10.2. The van der Waals surface area contributed by atoms with E-state index in [0.29, 0.717) is 5.56 Å². The summed E-state index contributed by atoms with van der Waals surface area (Å²) in [5.41, 5.74) is 2.59. The van der Waals surface area contributed by atoms with Crippen LogP contribution >= 0.6 is 0 Å². The third-order valence-electron chi connectivity index (χ3n) is 1.68. The number of ether oxygens (including phenoxy) is 1. The summed E-state index contributed by atoms with van der Waals surface area (Å²) in [6.45, 7) is -0.0844. The highest BCUT2D eigenvalue weighted by Crippen LogP contribution is 2.20. The van der Waals surface area contributed by atoms with Crippen LogP contribution in [-0.2, 0) is 9.53 Å². The average Bonchev–Trinajstić information content (AvgIpc) is 2.22. The topological polar surface area (TPSA) is 91.2 Å². The first-order valence-corrected chi connectivity index (χ1v) is 4.46. The molecule has 0 saturated carbocycles. The Morgan fingerprint density at radius 1 is 1.56 bits per heavy atom. The molecule has 0 aromatic heterocycles. The van der Waals surface area contributed by atoms with Crippen molar-refractivity contribution in [3.63, 3.8) is 0 Å². The third kappa shape index (κ3) is 3.58. The smallest absolute Gasteiger partial charge is 0.266 e. The molecule has 6 heteroatoms. The number of aromatic hydroxyl groups is 2. The van der Waals surface area contributed by atoms with E-state index in [1.165, 1.54) is 31.5 Å². The van der Waals surface area contributed by atoms with Crippen molar-refractivity contribution in [1.29, 1.82) is 0 Å². The fourth-order valence-electron chi connectivity index (χ4n) is 0.978. The van der Waals surface area contributed by atoms with Crippen LogP contribution in [0.1, 0.15) is 5.56 Å². The number of rotatable bonds is 4. The SMILES string of the molecule is COCC(=O)N/N=C/c1ccc(O)cc1O. The van der Waals surface area contributed by atoms with Crippen molar-refractivity contribution < 1.29 is 19.7 Å². The van der Waals surface area contributed by atoms with E-state index in [-0.39, 0.29) is 18.1 Å². The number of phenolic OH excluding ortho intramolecular Hbond substituents is 2. The monoisotopic (exact) mass is 224 g/mol. The molecule has 1 aromatic rings. The van der Waals surface area contributed by atoms with Crippen LogP contribution in [0.3, 0.4) is 0 Å². The summed E-state index contributed by atoms with van der Waals surface area (Å²) in [6, 6.07) is 4.05. The van der Waals surface area contributed by atoms with Gasteiger partial charge in [0, 0.05) is 18.7 Å². The van der Waals surface area contributed by atoms with E-state index in [1.54, 1.807) is 0 Å². The zero-order valence-electron chi connectivity index (χ0n) is 8.67. The van der Waals surface area contributed by atoms with Crippen molar-refractivity contribution in [2.75, 3.05) is 13.7 Å². The van der Waals surface area contributed by atoms with Gasteiger partial charge < -0.3 is 14.9 Å².